The van der Waals surface area contributed by atoms with E-state index in [4.69, 9.17) is 0 Å². The van der Waals surface area contributed by atoms with Crippen molar-refractivity contribution in [3.8, 4) is 0 Å². The van der Waals surface area contributed by atoms with Gasteiger partial charge in [0.1, 0.15) is 10.6 Å². The van der Waals surface area contributed by atoms with E-state index in [2.05, 4.69) is 28.3 Å². The highest BCUT2D eigenvalue weighted by Crippen LogP contribution is 2.34. The normalized spacial score (nSPS) is 16.7. The number of nitrogens with zero attached hydrogens (tertiary/aromatic N) is 3. The molecule has 1 aliphatic heterocycles. The number of fused-ring (bicyclic) bond motifs is 1. The molecular weight excluding hydrogens is 396 g/mol. The first-order valence-electron chi connectivity index (χ1n) is 10.2. The molecule has 4 heterocycles. The molecule has 3 aromatic heterocycles. The lowest BCUT2D eigenvalue weighted by Gasteiger charge is -2.32. The Bertz CT molecular complexity index is 1140. The average molecular weight is 423 g/mol. The maximum Gasteiger partial charge on any atom is 0.264 e. The van der Waals surface area contributed by atoms with Crippen molar-refractivity contribution in [1.82, 2.24) is 14.9 Å². The van der Waals surface area contributed by atoms with Gasteiger partial charge in [0.15, 0.2) is 0 Å². The van der Waals surface area contributed by atoms with Crippen molar-refractivity contribution in [1.29, 1.82) is 0 Å². The summed E-state index contributed by atoms with van der Waals surface area (Å²) in [5.74, 6) is 0.244. The molecule has 1 aliphatic rings. The Kier molecular flexibility index (Phi) is 5.56. The lowest BCUT2D eigenvalue weighted by Crippen LogP contribution is -2.43. The van der Waals surface area contributed by atoms with Crippen molar-refractivity contribution >= 4 is 39.2 Å². The molecule has 2 amide bonds. The minimum absolute atomic E-state index is 0.00117. The van der Waals surface area contributed by atoms with Crippen molar-refractivity contribution in [3.05, 3.63) is 51.7 Å². The van der Waals surface area contributed by atoms with Gasteiger partial charge in [0.05, 0.1) is 10.8 Å². The highest BCUT2D eigenvalue weighted by molar-refractivity contribution is 7.20. The first kappa shape index (κ1) is 20.5. The summed E-state index contributed by atoms with van der Waals surface area (Å²) in [6, 6.07) is 7.60. The summed E-state index contributed by atoms with van der Waals surface area (Å²) in [6.45, 7) is 9.02. The number of hydrogen-bond acceptors (Lipinski definition) is 5. The molecule has 1 saturated heterocycles. The molecule has 1 N–H and O–H groups in total. The third-order valence-electron chi connectivity index (χ3n) is 5.64. The maximum atomic E-state index is 13.3. The number of carbonyl (C=O) groups excluding carboxylic acids is 2. The molecule has 156 valence electrons. The van der Waals surface area contributed by atoms with Crippen LogP contribution in [0.3, 0.4) is 0 Å². The molecule has 0 saturated carbocycles. The summed E-state index contributed by atoms with van der Waals surface area (Å²) in [7, 11) is 0. The third-order valence-corrected chi connectivity index (χ3v) is 6.81. The second kappa shape index (κ2) is 8.14. The minimum atomic E-state index is -0.234. The largest absolute Gasteiger partial charge is 0.337 e. The molecule has 0 unspecified atom stereocenters. The van der Waals surface area contributed by atoms with E-state index in [1.165, 1.54) is 11.3 Å². The van der Waals surface area contributed by atoms with Crippen LogP contribution in [0.25, 0.3) is 10.2 Å². The number of pyridine rings is 2. The molecule has 0 radical (unpaired) electrons. The first-order chi connectivity index (χ1) is 14.3. The quantitative estimate of drug-likeness (QED) is 0.678. The molecule has 7 heteroatoms. The Morgan fingerprint density at radius 1 is 1.13 bits per heavy atom. The summed E-state index contributed by atoms with van der Waals surface area (Å²) in [5.41, 5.74) is 3.94. The molecule has 0 aliphatic carbocycles. The fourth-order valence-corrected chi connectivity index (χ4v) is 5.45. The van der Waals surface area contributed by atoms with Crippen LogP contribution < -0.4 is 5.32 Å². The second-order valence-electron chi connectivity index (χ2n) is 8.06. The molecule has 0 bridgehead atoms. The van der Waals surface area contributed by atoms with Crippen LogP contribution in [0.4, 0.5) is 5.82 Å². The van der Waals surface area contributed by atoms with Crippen LogP contribution >= 0.6 is 11.3 Å². The molecule has 30 heavy (non-hydrogen) atoms. The van der Waals surface area contributed by atoms with Gasteiger partial charge in [-0.1, -0.05) is 6.07 Å². The molecule has 1 atom stereocenters. The highest BCUT2D eigenvalue weighted by Gasteiger charge is 2.31. The number of rotatable bonds is 3. The van der Waals surface area contributed by atoms with Gasteiger partial charge in [0, 0.05) is 29.9 Å². The number of amides is 2. The van der Waals surface area contributed by atoms with Crippen molar-refractivity contribution in [3.63, 3.8) is 0 Å². The minimum Gasteiger partial charge on any atom is -0.337 e. The Morgan fingerprint density at radius 2 is 1.93 bits per heavy atom. The number of aromatic nitrogens is 2. The highest BCUT2D eigenvalue weighted by atomic mass is 32.1. The van der Waals surface area contributed by atoms with Gasteiger partial charge in [-0.15, -0.1) is 11.3 Å². The monoisotopic (exact) mass is 422 g/mol. The fourth-order valence-electron chi connectivity index (χ4n) is 4.18. The summed E-state index contributed by atoms with van der Waals surface area (Å²) >= 11 is 1.45. The number of carbonyl (C=O) groups is 2. The number of anilines is 1. The van der Waals surface area contributed by atoms with Crippen LogP contribution in [-0.4, -0.2) is 39.8 Å². The van der Waals surface area contributed by atoms with Crippen LogP contribution in [0, 0.1) is 33.6 Å². The molecule has 3 aromatic rings. The zero-order valence-electron chi connectivity index (χ0n) is 17.8. The predicted molar refractivity (Wildman–Crippen MR) is 120 cm³/mol. The number of nitrogens with one attached hydrogen (secondary N) is 1. The summed E-state index contributed by atoms with van der Waals surface area (Å²) in [6.07, 6.45) is 1.58. The summed E-state index contributed by atoms with van der Waals surface area (Å²) < 4.78 is 0. The number of likely N-dealkylation sites (tertiary alicyclic amines) is 1. The van der Waals surface area contributed by atoms with Gasteiger partial charge in [0.2, 0.25) is 5.91 Å². The van der Waals surface area contributed by atoms with Gasteiger partial charge < -0.3 is 10.2 Å². The van der Waals surface area contributed by atoms with E-state index in [1.54, 1.807) is 6.07 Å². The van der Waals surface area contributed by atoms with Crippen LogP contribution in [0.15, 0.2) is 24.3 Å². The van der Waals surface area contributed by atoms with Gasteiger partial charge in [-0.2, -0.15) is 0 Å². The van der Waals surface area contributed by atoms with E-state index >= 15 is 0 Å². The Labute approximate surface area is 180 Å². The predicted octanol–water partition coefficient (Wildman–Crippen LogP) is 4.42. The summed E-state index contributed by atoms with van der Waals surface area (Å²) in [4.78, 5) is 38.5. The number of hydrogen-bond donors (Lipinski definition) is 1. The van der Waals surface area contributed by atoms with E-state index < -0.39 is 0 Å². The Morgan fingerprint density at radius 3 is 2.70 bits per heavy atom. The van der Waals surface area contributed by atoms with Crippen LogP contribution in [-0.2, 0) is 4.79 Å². The van der Waals surface area contributed by atoms with Gasteiger partial charge in [0.25, 0.3) is 5.91 Å². The Balaban J connectivity index is 1.52. The van der Waals surface area contributed by atoms with Crippen molar-refractivity contribution < 1.29 is 9.59 Å². The number of piperidine rings is 1. The SMILES string of the molecule is Cc1cccc(NC(=O)[C@@H]2CCCN(C(=O)c3sc4nc(C)cc(C)c4c3C)C2)n1. The zero-order chi connectivity index (χ0) is 21.4. The van der Waals surface area contributed by atoms with Gasteiger partial charge in [-0.05, 0) is 69.9 Å². The number of aryl methyl sites for hydroxylation is 4. The van der Waals surface area contributed by atoms with E-state index in [9.17, 15) is 9.59 Å². The molecule has 0 aromatic carbocycles. The van der Waals surface area contributed by atoms with Crippen LogP contribution in [0.2, 0.25) is 0 Å². The van der Waals surface area contributed by atoms with E-state index in [-0.39, 0.29) is 17.7 Å². The molecule has 4 rings (SSSR count). The van der Waals surface area contributed by atoms with E-state index in [0.29, 0.717) is 18.9 Å². The zero-order valence-corrected chi connectivity index (χ0v) is 18.6. The number of thiophene rings is 1. The first-order valence-corrected chi connectivity index (χ1v) is 11.1. The third kappa shape index (κ3) is 3.94. The van der Waals surface area contributed by atoms with Gasteiger partial charge in [-0.3, -0.25) is 9.59 Å². The lowest BCUT2D eigenvalue weighted by atomic mass is 9.96. The smallest absolute Gasteiger partial charge is 0.264 e. The summed E-state index contributed by atoms with van der Waals surface area (Å²) in [5, 5.41) is 3.98. The van der Waals surface area contributed by atoms with E-state index in [1.807, 2.05) is 37.8 Å². The average Bonchev–Trinajstić information content (AvgIpc) is 3.04. The standard InChI is InChI=1S/C23H26N4O2S/c1-13-11-15(3)25-22-19(13)16(4)20(30-22)23(29)27-10-6-8-17(12-27)21(28)26-18-9-5-7-14(2)24-18/h5,7,9,11,17H,6,8,10,12H2,1-4H3,(H,24,26,28)/t17-/m1/s1. The van der Waals surface area contributed by atoms with Crippen LogP contribution in [0.5, 0.6) is 0 Å². The van der Waals surface area contributed by atoms with Crippen molar-refractivity contribution in [2.75, 3.05) is 18.4 Å². The van der Waals surface area contributed by atoms with Gasteiger partial charge >= 0.3 is 0 Å². The molecular formula is C23H26N4O2S. The topological polar surface area (TPSA) is 75.2 Å². The van der Waals surface area contributed by atoms with E-state index in [0.717, 1.165) is 50.5 Å². The Hall–Kier alpha value is -2.80. The van der Waals surface area contributed by atoms with Crippen LogP contribution in [0.1, 0.15) is 45.0 Å². The molecule has 0 spiro atoms. The fraction of sp³-hybridized carbons (Fsp3) is 0.391. The van der Waals surface area contributed by atoms with Crippen molar-refractivity contribution in [2.24, 2.45) is 5.92 Å². The maximum absolute atomic E-state index is 13.3. The van der Waals surface area contributed by atoms with Gasteiger partial charge in [-0.25, -0.2) is 9.97 Å². The molecule has 6 nitrogen and oxygen atoms in total. The molecule has 1 fully saturated rings. The lowest BCUT2D eigenvalue weighted by molar-refractivity contribution is -0.121. The second-order valence-corrected chi connectivity index (χ2v) is 9.06. The van der Waals surface area contributed by atoms with Crippen molar-refractivity contribution in [2.45, 2.75) is 40.5 Å².